The van der Waals surface area contributed by atoms with Gasteiger partial charge in [-0.15, -0.1) is 0 Å². The van der Waals surface area contributed by atoms with Crippen molar-refractivity contribution in [2.45, 2.75) is 19.3 Å². The molecule has 0 saturated heterocycles. The van der Waals surface area contributed by atoms with Crippen molar-refractivity contribution in [2.75, 3.05) is 0 Å². The summed E-state index contributed by atoms with van der Waals surface area (Å²) < 4.78 is 0. The van der Waals surface area contributed by atoms with Crippen molar-refractivity contribution >= 4 is 43.1 Å². The minimum Gasteiger partial charge on any atom is -0.228 e. The monoisotopic (exact) mass is 776 g/mol. The van der Waals surface area contributed by atoms with Crippen molar-refractivity contribution in [3.63, 3.8) is 0 Å². The zero-order valence-corrected chi connectivity index (χ0v) is 34.0. The first-order valence-corrected chi connectivity index (χ1v) is 21.2. The van der Waals surface area contributed by atoms with Crippen LogP contribution in [0.4, 0.5) is 0 Å². The Morgan fingerprint density at radius 1 is 0.311 bits per heavy atom. The Labute approximate surface area is 355 Å². The molecule has 0 N–H and O–H groups in total. The van der Waals surface area contributed by atoms with Gasteiger partial charge < -0.3 is 0 Å². The highest BCUT2D eigenvalue weighted by Gasteiger charge is 2.35. The number of aromatic nitrogens is 2. The Bertz CT molecular complexity index is 3560. The van der Waals surface area contributed by atoms with Crippen LogP contribution in [0.5, 0.6) is 0 Å². The number of benzene rings is 10. The molecule has 286 valence electrons. The quantitative estimate of drug-likeness (QED) is 0.128. The van der Waals surface area contributed by atoms with Gasteiger partial charge in [-0.1, -0.05) is 202 Å². The standard InChI is InChI=1S/C59H40N2/c1-59(2)53-27-15-14-25-46(53)52-35-40(29-33-54(52)59)42-21-10-13-26-47(42)55-36-56(61-58(60-55)38-17-4-3-5-18-38)48-31-32-49(45-24-12-11-23-44(45)48)57-43-22-9-7-19-39(43)34-51-41-20-8-6-16-37(41)28-30-50(51)57/h3-36H,1-2H3. The summed E-state index contributed by atoms with van der Waals surface area (Å²) in [5.41, 5.74) is 15.0. The molecular formula is C59H40N2. The van der Waals surface area contributed by atoms with E-state index in [1.807, 2.05) is 6.07 Å². The zero-order valence-electron chi connectivity index (χ0n) is 34.0. The number of fused-ring (bicyclic) bond motifs is 8. The van der Waals surface area contributed by atoms with Crippen molar-refractivity contribution in [2.24, 2.45) is 0 Å². The summed E-state index contributed by atoms with van der Waals surface area (Å²) in [5.74, 6) is 0.701. The first kappa shape index (κ1) is 35.3. The van der Waals surface area contributed by atoms with Crippen LogP contribution in [0, 0.1) is 0 Å². The van der Waals surface area contributed by atoms with Gasteiger partial charge in [0.15, 0.2) is 5.82 Å². The van der Waals surface area contributed by atoms with Crippen LogP contribution in [0.2, 0.25) is 0 Å². The molecule has 11 aromatic rings. The number of hydrogen-bond donors (Lipinski definition) is 0. The number of nitrogens with zero attached hydrogens (tertiary/aromatic N) is 2. The van der Waals surface area contributed by atoms with Crippen LogP contribution in [0.3, 0.4) is 0 Å². The molecule has 1 aromatic heterocycles. The van der Waals surface area contributed by atoms with Crippen molar-refractivity contribution < 1.29 is 0 Å². The molecule has 10 aromatic carbocycles. The van der Waals surface area contributed by atoms with Crippen LogP contribution in [0.25, 0.3) is 110 Å². The van der Waals surface area contributed by atoms with E-state index < -0.39 is 0 Å². The molecule has 0 unspecified atom stereocenters. The Balaban J connectivity index is 1.07. The average Bonchev–Trinajstić information content (AvgIpc) is 3.55. The first-order valence-electron chi connectivity index (χ1n) is 21.2. The van der Waals surface area contributed by atoms with E-state index in [1.54, 1.807) is 0 Å². The van der Waals surface area contributed by atoms with E-state index in [0.29, 0.717) is 5.82 Å². The molecule has 0 saturated carbocycles. The van der Waals surface area contributed by atoms with Crippen molar-refractivity contribution in [3.8, 4) is 67.3 Å². The Morgan fingerprint density at radius 2 is 0.902 bits per heavy atom. The van der Waals surface area contributed by atoms with E-state index in [-0.39, 0.29) is 5.41 Å². The third-order valence-corrected chi connectivity index (χ3v) is 13.1. The van der Waals surface area contributed by atoms with E-state index in [2.05, 4.69) is 214 Å². The van der Waals surface area contributed by atoms with Crippen molar-refractivity contribution in [1.29, 1.82) is 0 Å². The van der Waals surface area contributed by atoms with Crippen LogP contribution in [-0.2, 0) is 5.41 Å². The fourth-order valence-electron chi connectivity index (χ4n) is 10.1. The van der Waals surface area contributed by atoms with E-state index >= 15 is 0 Å². The molecule has 0 atom stereocenters. The molecule has 0 amide bonds. The van der Waals surface area contributed by atoms with Crippen LogP contribution in [0.1, 0.15) is 25.0 Å². The minimum absolute atomic E-state index is 0.0521. The van der Waals surface area contributed by atoms with Gasteiger partial charge in [-0.2, -0.15) is 0 Å². The van der Waals surface area contributed by atoms with Gasteiger partial charge in [-0.25, -0.2) is 9.97 Å². The summed E-state index contributed by atoms with van der Waals surface area (Å²) in [7, 11) is 0. The van der Waals surface area contributed by atoms with Crippen LogP contribution in [0.15, 0.2) is 206 Å². The SMILES string of the molecule is CC1(C)c2ccccc2-c2cc(-c3ccccc3-c3cc(-c4ccc(-c5c6ccccc6cc6c5ccc5ccccc56)c5ccccc45)nc(-c4ccccc4)n3)ccc21. The second-order valence-electron chi connectivity index (χ2n) is 16.9. The predicted molar refractivity (Wildman–Crippen MR) is 257 cm³/mol. The van der Waals surface area contributed by atoms with Gasteiger partial charge in [0.1, 0.15) is 0 Å². The lowest BCUT2D eigenvalue weighted by Gasteiger charge is -2.21. The summed E-state index contributed by atoms with van der Waals surface area (Å²) in [5, 5.41) is 9.85. The molecule has 12 rings (SSSR count). The molecule has 0 spiro atoms. The highest BCUT2D eigenvalue weighted by Crippen LogP contribution is 2.50. The molecule has 2 heteroatoms. The van der Waals surface area contributed by atoms with Crippen LogP contribution in [-0.4, -0.2) is 9.97 Å². The maximum atomic E-state index is 5.37. The summed E-state index contributed by atoms with van der Waals surface area (Å²) in [6.07, 6.45) is 0. The lowest BCUT2D eigenvalue weighted by atomic mass is 9.82. The summed E-state index contributed by atoms with van der Waals surface area (Å²) in [6.45, 7) is 4.67. The molecule has 0 bridgehead atoms. The van der Waals surface area contributed by atoms with Crippen LogP contribution >= 0.6 is 0 Å². The van der Waals surface area contributed by atoms with Gasteiger partial charge in [-0.05, 0) is 106 Å². The van der Waals surface area contributed by atoms with E-state index in [1.165, 1.54) is 76.6 Å². The zero-order chi connectivity index (χ0) is 40.7. The lowest BCUT2D eigenvalue weighted by molar-refractivity contribution is 0.660. The third-order valence-electron chi connectivity index (χ3n) is 13.1. The minimum atomic E-state index is -0.0521. The predicted octanol–water partition coefficient (Wildman–Crippen LogP) is 15.7. The molecule has 1 aliphatic carbocycles. The van der Waals surface area contributed by atoms with E-state index in [9.17, 15) is 0 Å². The smallest absolute Gasteiger partial charge is 0.160 e. The molecule has 1 heterocycles. The van der Waals surface area contributed by atoms with Gasteiger partial charge in [0.05, 0.1) is 11.4 Å². The molecule has 1 aliphatic rings. The first-order chi connectivity index (χ1) is 30.0. The molecular weight excluding hydrogens is 737 g/mol. The Morgan fingerprint density at radius 3 is 1.70 bits per heavy atom. The third kappa shape index (κ3) is 5.56. The van der Waals surface area contributed by atoms with Gasteiger partial charge >= 0.3 is 0 Å². The van der Waals surface area contributed by atoms with Gasteiger partial charge in [0.2, 0.25) is 0 Å². The molecule has 2 nitrogen and oxygen atoms in total. The largest absolute Gasteiger partial charge is 0.228 e. The topological polar surface area (TPSA) is 25.8 Å². The summed E-state index contributed by atoms with van der Waals surface area (Å²) in [4.78, 5) is 10.7. The van der Waals surface area contributed by atoms with Gasteiger partial charge in [0, 0.05) is 22.1 Å². The second-order valence-corrected chi connectivity index (χ2v) is 16.9. The maximum Gasteiger partial charge on any atom is 0.160 e. The van der Waals surface area contributed by atoms with E-state index in [4.69, 9.17) is 9.97 Å². The van der Waals surface area contributed by atoms with Crippen molar-refractivity contribution in [1.82, 2.24) is 9.97 Å². The highest BCUT2D eigenvalue weighted by molar-refractivity contribution is 6.23. The average molecular weight is 777 g/mol. The fourth-order valence-corrected chi connectivity index (χ4v) is 10.1. The van der Waals surface area contributed by atoms with Crippen LogP contribution < -0.4 is 0 Å². The molecule has 0 fully saturated rings. The van der Waals surface area contributed by atoms with Gasteiger partial charge in [-0.3, -0.25) is 0 Å². The molecule has 0 radical (unpaired) electrons. The molecule has 0 aliphatic heterocycles. The summed E-state index contributed by atoms with van der Waals surface area (Å²) >= 11 is 0. The Hall–Kier alpha value is -7.68. The molecule has 61 heavy (non-hydrogen) atoms. The highest BCUT2D eigenvalue weighted by atomic mass is 14.9. The normalized spacial score (nSPS) is 12.9. The maximum absolute atomic E-state index is 5.37. The fraction of sp³-hybridized carbons (Fsp3) is 0.0508. The van der Waals surface area contributed by atoms with Gasteiger partial charge in [0.25, 0.3) is 0 Å². The lowest BCUT2D eigenvalue weighted by Crippen LogP contribution is -2.14. The second kappa shape index (κ2) is 13.7. The summed E-state index contributed by atoms with van der Waals surface area (Å²) in [6, 6.07) is 75.0. The number of rotatable bonds is 5. The number of hydrogen-bond acceptors (Lipinski definition) is 2. The van der Waals surface area contributed by atoms with E-state index in [0.717, 1.165) is 39.0 Å². The Kier molecular flexibility index (Phi) is 7.92. The van der Waals surface area contributed by atoms with Crippen molar-refractivity contribution in [3.05, 3.63) is 217 Å².